The SMILES string of the molecule is CC(N[C@H](C)C1CCCCCC1)c1cccc(C#N)c1. The number of nitrogens with zero attached hydrogens (tertiary/aromatic N) is 1. The molecule has 108 valence electrons. The number of nitriles is 1. The Kier molecular flexibility index (Phi) is 5.61. The molecule has 1 aromatic rings. The van der Waals surface area contributed by atoms with Gasteiger partial charge in [0, 0.05) is 12.1 Å². The molecule has 20 heavy (non-hydrogen) atoms. The van der Waals surface area contributed by atoms with Gasteiger partial charge in [-0.1, -0.05) is 37.8 Å². The molecule has 2 nitrogen and oxygen atoms in total. The first-order valence-corrected chi connectivity index (χ1v) is 7.97. The summed E-state index contributed by atoms with van der Waals surface area (Å²) in [6.45, 7) is 4.52. The molecule has 0 aliphatic heterocycles. The summed E-state index contributed by atoms with van der Waals surface area (Å²) in [4.78, 5) is 0. The normalized spacial score (nSPS) is 19.9. The molecule has 0 heterocycles. The molecule has 1 aliphatic carbocycles. The van der Waals surface area contributed by atoms with Crippen molar-refractivity contribution < 1.29 is 0 Å². The van der Waals surface area contributed by atoms with Crippen molar-refractivity contribution in [2.45, 2.75) is 64.5 Å². The van der Waals surface area contributed by atoms with Crippen molar-refractivity contribution >= 4 is 0 Å². The van der Waals surface area contributed by atoms with Gasteiger partial charge in [0.25, 0.3) is 0 Å². The van der Waals surface area contributed by atoms with Crippen molar-refractivity contribution in [1.82, 2.24) is 5.32 Å². The largest absolute Gasteiger partial charge is 0.307 e. The maximum Gasteiger partial charge on any atom is 0.0991 e. The number of nitrogens with one attached hydrogen (secondary N) is 1. The zero-order valence-corrected chi connectivity index (χ0v) is 12.7. The zero-order valence-electron chi connectivity index (χ0n) is 12.7. The van der Waals surface area contributed by atoms with Crippen LogP contribution >= 0.6 is 0 Å². The maximum absolute atomic E-state index is 8.99. The molecule has 2 atom stereocenters. The van der Waals surface area contributed by atoms with Crippen molar-refractivity contribution in [3.63, 3.8) is 0 Å². The van der Waals surface area contributed by atoms with Gasteiger partial charge in [-0.25, -0.2) is 0 Å². The van der Waals surface area contributed by atoms with E-state index in [0.29, 0.717) is 12.1 Å². The molecule has 0 saturated heterocycles. The van der Waals surface area contributed by atoms with Crippen molar-refractivity contribution in [2.75, 3.05) is 0 Å². The minimum Gasteiger partial charge on any atom is -0.307 e. The van der Waals surface area contributed by atoms with E-state index in [4.69, 9.17) is 5.26 Å². The van der Waals surface area contributed by atoms with Crippen molar-refractivity contribution in [2.24, 2.45) is 5.92 Å². The van der Waals surface area contributed by atoms with Crippen molar-refractivity contribution in [3.05, 3.63) is 35.4 Å². The van der Waals surface area contributed by atoms with Crippen LogP contribution < -0.4 is 5.32 Å². The van der Waals surface area contributed by atoms with Crippen LogP contribution in [0.15, 0.2) is 24.3 Å². The molecule has 2 rings (SSSR count). The molecule has 1 saturated carbocycles. The Labute approximate surface area is 123 Å². The number of hydrogen-bond acceptors (Lipinski definition) is 2. The Hall–Kier alpha value is -1.33. The average Bonchev–Trinajstić information content (AvgIpc) is 2.76. The highest BCUT2D eigenvalue weighted by atomic mass is 14.9. The highest BCUT2D eigenvalue weighted by Gasteiger charge is 2.20. The molecular formula is C18H26N2. The second kappa shape index (κ2) is 7.45. The van der Waals surface area contributed by atoms with E-state index >= 15 is 0 Å². The van der Waals surface area contributed by atoms with Crippen LogP contribution in [-0.4, -0.2) is 6.04 Å². The lowest BCUT2D eigenvalue weighted by Gasteiger charge is -2.27. The summed E-state index contributed by atoms with van der Waals surface area (Å²) in [5.41, 5.74) is 1.96. The van der Waals surface area contributed by atoms with Crippen molar-refractivity contribution in [3.8, 4) is 6.07 Å². The number of hydrogen-bond donors (Lipinski definition) is 1. The summed E-state index contributed by atoms with van der Waals surface area (Å²) in [5.74, 6) is 0.805. The molecule has 1 unspecified atom stereocenters. The summed E-state index contributed by atoms with van der Waals surface area (Å²) in [6.07, 6.45) is 8.30. The van der Waals surface area contributed by atoms with Gasteiger partial charge in [-0.05, 0) is 50.3 Å². The first-order valence-electron chi connectivity index (χ1n) is 7.97. The molecular weight excluding hydrogens is 244 g/mol. The fraction of sp³-hybridized carbons (Fsp3) is 0.611. The molecule has 0 aromatic heterocycles. The Bertz CT molecular complexity index is 453. The molecule has 1 fully saturated rings. The lowest BCUT2D eigenvalue weighted by molar-refractivity contribution is 0.316. The first-order chi connectivity index (χ1) is 9.70. The van der Waals surface area contributed by atoms with Gasteiger partial charge in [0.15, 0.2) is 0 Å². The Morgan fingerprint density at radius 3 is 2.50 bits per heavy atom. The highest BCUT2D eigenvalue weighted by Crippen LogP contribution is 2.27. The van der Waals surface area contributed by atoms with Gasteiger partial charge in [-0.2, -0.15) is 5.26 Å². The third-order valence-electron chi connectivity index (χ3n) is 4.64. The summed E-state index contributed by atoms with van der Waals surface area (Å²) in [5, 5.41) is 12.7. The lowest BCUT2D eigenvalue weighted by Crippen LogP contribution is -2.35. The Morgan fingerprint density at radius 1 is 1.15 bits per heavy atom. The molecule has 0 spiro atoms. The van der Waals surface area contributed by atoms with E-state index in [0.717, 1.165) is 11.5 Å². The quantitative estimate of drug-likeness (QED) is 0.814. The molecule has 1 aliphatic rings. The number of rotatable bonds is 4. The maximum atomic E-state index is 8.99. The van der Waals surface area contributed by atoms with Crippen LogP contribution in [0.3, 0.4) is 0 Å². The minimum absolute atomic E-state index is 0.307. The van der Waals surface area contributed by atoms with Gasteiger partial charge in [-0.15, -0.1) is 0 Å². The predicted molar refractivity (Wildman–Crippen MR) is 83.4 cm³/mol. The van der Waals surface area contributed by atoms with Crippen LogP contribution in [0.5, 0.6) is 0 Å². The molecule has 1 N–H and O–H groups in total. The number of benzene rings is 1. The van der Waals surface area contributed by atoms with E-state index < -0.39 is 0 Å². The third-order valence-corrected chi connectivity index (χ3v) is 4.64. The van der Waals surface area contributed by atoms with E-state index in [1.807, 2.05) is 18.2 Å². The van der Waals surface area contributed by atoms with Crippen LogP contribution in [0.4, 0.5) is 0 Å². The highest BCUT2D eigenvalue weighted by molar-refractivity contribution is 5.34. The van der Waals surface area contributed by atoms with Crippen LogP contribution in [0.2, 0.25) is 0 Å². The second-order valence-electron chi connectivity index (χ2n) is 6.17. The molecule has 1 aromatic carbocycles. The van der Waals surface area contributed by atoms with E-state index in [1.165, 1.54) is 44.1 Å². The third kappa shape index (κ3) is 4.08. The van der Waals surface area contributed by atoms with Crippen LogP contribution in [0, 0.1) is 17.2 Å². The topological polar surface area (TPSA) is 35.8 Å². The zero-order chi connectivity index (χ0) is 14.4. The van der Waals surface area contributed by atoms with Crippen LogP contribution in [0.1, 0.15) is 69.5 Å². The molecule has 2 heteroatoms. The molecule has 0 amide bonds. The van der Waals surface area contributed by atoms with Crippen LogP contribution in [-0.2, 0) is 0 Å². The Balaban J connectivity index is 1.95. The van der Waals surface area contributed by atoms with E-state index in [9.17, 15) is 0 Å². The van der Waals surface area contributed by atoms with Gasteiger partial charge in [0.05, 0.1) is 11.6 Å². The standard InChI is InChI=1S/C18H26N2/c1-14(17-9-5-3-4-6-10-17)20-15(2)18-11-7-8-16(12-18)13-19/h7-8,11-12,14-15,17,20H,3-6,9-10H2,1-2H3/t14-,15?/m1/s1. The van der Waals surface area contributed by atoms with E-state index in [2.05, 4.69) is 31.3 Å². The minimum atomic E-state index is 0.307. The van der Waals surface area contributed by atoms with Crippen LogP contribution in [0.25, 0.3) is 0 Å². The van der Waals surface area contributed by atoms with Crippen molar-refractivity contribution in [1.29, 1.82) is 5.26 Å². The fourth-order valence-electron chi connectivity index (χ4n) is 3.32. The Morgan fingerprint density at radius 2 is 1.85 bits per heavy atom. The summed E-state index contributed by atoms with van der Waals surface area (Å²) >= 11 is 0. The van der Waals surface area contributed by atoms with Gasteiger partial charge in [-0.3, -0.25) is 0 Å². The van der Waals surface area contributed by atoms with Gasteiger partial charge in [0.2, 0.25) is 0 Å². The fourth-order valence-corrected chi connectivity index (χ4v) is 3.32. The lowest BCUT2D eigenvalue weighted by atomic mass is 9.92. The summed E-state index contributed by atoms with van der Waals surface area (Å²) in [6, 6.07) is 11.0. The van der Waals surface area contributed by atoms with Gasteiger partial charge >= 0.3 is 0 Å². The summed E-state index contributed by atoms with van der Waals surface area (Å²) in [7, 11) is 0. The average molecular weight is 270 g/mol. The molecule has 0 bridgehead atoms. The first kappa shape index (κ1) is 15.1. The van der Waals surface area contributed by atoms with Gasteiger partial charge in [0.1, 0.15) is 0 Å². The molecule has 0 radical (unpaired) electrons. The monoisotopic (exact) mass is 270 g/mol. The van der Waals surface area contributed by atoms with E-state index in [1.54, 1.807) is 0 Å². The predicted octanol–water partition coefficient (Wildman–Crippen LogP) is 4.57. The summed E-state index contributed by atoms with van der Waals surface area (Å²) < 4.78 is 0. The smallest absolute Gasteiger partial charge is 0.0991 e. The van der Waals surface area contributed by atoms with E-state index in [-0.39, 0.29) is 0 Å². The second-order valence-corrected chi connectivity index (χ2v) is 6.17. The van der Waals surface area contributed by atoms with Gasteiger partial charge < -0.3 is 5.32 Å².